The van der Waals surface area contributed by atoms with Crippen LogP contribution < -0.4 is 10.6 Å². The Kier molecular flexibility index (Phi) is 3.10. The lowest BCUT2D eigenvalue weighted by Gasteiger charge is -2.08. The third kappa shape index (κ3) is 2.16. The number of carbonyl (C=O) groups is 1. The number of hydrogen-bond donors (Lipinski definition) is 2. The summed E-state index contributed by atoms with van der Waals surface area (Å²) in [5.41, 5.74) is 1.37. The Labute approximate surface area is 115 Å². The molecule has 1 aliphatic rings. The molecule has 2 N–H and O–H groups in total. The highest BCUT2D eigenvalue weighted by Gasteiger charge is 2.21. The average Bonchev–Trinajstić information content (AvgIpc) is 2.94. The van der Waals surface area contributed by atoms with Gasteiger partial charge < -0.3 is 10.6 Å². The van der Waals surface area contributed by atoms with Crippen molar-refractivity contribution in [2.45, 2.75) is 26.2 Å². The fourth-order valence-corrected chi connectivity index (χ4v) is 3.79. The zero-order valence-corrected chi connectivity index (χ0v) is 11.9. The van der Waals surface area contributed by atoms with Crippen LogP contribution in [-0.4, -0.2) is 29.5 Å². The van der Waals surface area contributed by atoms with Gasteiger partial charge in [-0.1, -0.05) is 0 Å². The van der Waals surface area contributed by atoms with Crippen LogP contribution in [-0.2, 0) is 17.6 Å². The lowest BCUT2D eigenvalue weighted by molar-refractivity contribution is -0.118. The molecule has 1 aliphatic carbocycles. The second kappa shape index (κ2) is 4.77. The van der Waals surface area contributed by atoms with Gasteiger partial charge >= 0.3 is 0 Å². The highest BCUT2D eigenvalue weighted by atomic mass is 32.1. The number of aromatic nitrogens is 2. The molecule has 2 aromatic heterocycles. The van der Waals surface area contributed by atoms with E-state index in [-0.39, 0.29) is 12.5 Å². The number of anilines is 1. The van der Waals surface area contributed by atoms with Crippen LogP contribution in [0.3, 0.4) is 0 Å². The van der Waals surface area contributed by atoms with Gasteiger partial charge in [-0.15, -0.1) is 11.3 Å². The number of amides is 1. The fraction of sp³-hybridized carbons (Fsp3) is 0.462. The predicted molar refractivity (Wildman–Crippen MR) is 76.7 cm³/mol. The first-order valence-electron chi connectivity index (χ1n) is 6.42. The SMILES string of the molecule is CNC(=O)CNc1nc(C)nc2sc3c(c12)CCC3. The van der Waals surface area contributed by atoms with Crippen molar-refractivity contribution in [2.24, 2.45) is 0 Å². The van der Waals surface area contributed by atoms with Gasteiger partial charge in [0, 0.05) is 11.9 Å². The zero-order chi connectivity index (χ0) is 13.4. The molecule has 19 heavy (non-hydrogen) atoms. The van der Waals surface area contributed by atoms with E-state index in [1.54, 1.807) is 18.4 Å². The number of nitrogens with one attached hydrogen (secondary N) is 2. The molecule has 0 aliphatic heterocycles. The van der Waals surface area contributed by atoms with Crippen molar-refractivity contribution in [3.05, 3.63) is 16.3 Å². The van der Waals surface area contributed by atoms with Gasteiger partial charge in [0.1, 0.15) is 16.5 Å². The first-order chi connectivity index (χ1) is 9.19. The lowest BCUT2D eigenvalue weighted by atomic mass is 10.2. The number of hydrogen-bond acceptors (Lipinski definition) is 5. The number of fused-ring (bicyclic) bond motifs is 3. The maximum atomic E-state index is 11.4. The summed E-state index contributed by atoms with van der Waals surface area (Å²) < 4.78 is 0. The molecule has 2 heterocycles. The van der Waals surface area contributed by atoms with Crippen molar-refractivity contribution in [2.75, 3.05) is 18.9 Å². The second-order valence-electron chi connectivity index (χ2n) is 4.68. The van der Waals surface area contributed by atoms with Crippen molar-refractivity contribution in [3.8, 4) is 0 Å². The van der Waals surface area contributed by atoms with E-state index in [2.05, 4.69) is 20.6 Å². The van der Waals surface area contributed by atoms with Gasteiger partial charge in [0.25, 0.3) is 0 Å². The van der Waals surface area contributed by atoms with Gasteiger partial charge in [-0.3, -0.25) is 4.79 Å². The van der Waals surface area contributed by atoms with E-state index in [9.17, 15) is 4.79 Å². The summed E-state index contributed by atoms with van der Waals surface area (Å²) in [6.07, 6.45) is 3.45. The van der Waals surface area contributed by atoms with Gasteiger partial charge in [-0.25, -0.2) is 9.97 Å². The van der Waals surface area contributed by atoms with E-state index >= 15 is 0 Å². The molecule has 2 aromatic rings. The molecule has 0 radical (unpaired) electrons. The monoisotopic (exact) mass is 276 g/mol. The largest absolute Gasteiger partial charge is 0.360 e. The summed E-state index contributed by atoms with van der Waals surface area (Å²) in [7, 11) is 1.63. The quantitative estimate of drug-likeness (QED) is 0.894. The molecule has 100 valence electrons. The smallest absolute Gasteiger partial charge is 0.239 e. The van der Waals surface area contributed by atoms with Gasteiger partial charge in [0.15, 0.2) is 0 Å². The highest BCUT2D eigenvalue weighted by molar-refractivity contribution is 7.19. The fourth-order valence-electron chi connectivity index (χ4n) is 2.48. The Morgan fingerprint density at radius 2 is 2.21 bits per heavy atom. The molecule has 0 atom stereocenters. The molecule has 0 fully saturated rings. The Hall–Kier alpha value is -1.69. The molecular weight excluding hydrogens is 260 g/mol. The van der Waals surface area contributed by atoms with E-state index in [1.165, 1.54) is 16.9 Å². The van der Waals surface area contributed by atoms with Gasteiger partial charge in [0.2, 0.25) is 5.91 Å². The van der Waals surface area contributed by atoms with Gasteiger partial charge in [-0.2, -0.15) is 0 Å². The number of likely N-dealkylation sites (N-methyl/N-ethyl adjacent to an activating group) is 1. The van der Waals surface area contributed by atoms with Crippen LogP contribution in [0.2, 0.25) is 0 Å². The van der Waals surface area contributed by atoms with Crippen molar-refractivity contribution >= 4 is 33.3 Å². The number of rotatable bonds is 3. The molecule has 5 nitrogen and oxygen atoms in total. The number of carbonyl (C=O) groups excluding carboxylic acids is 1. The first-order valence-corrected chi connectivity index (χ1v) is 7.24. The molecule has 0 saturated carbocycles. The topological polar surface area (TPSA) is 66.9 Å². The third-order valence-electron chi connectivity index (χ3n) is 3.37. The predicted octanol–water partition coefficient (Wildman–Crippen LogP) is 1.65. The van der Waals surface area contributed by atoms with Crippen LogP contribution >= 0.6 is 11.3 Å². The summed E-state index contributed by atoms with van der Waals surface area (Å²) in [6, 6.07) is 0. The standard InChI is InChI=1S/C13H16N4OS/c1-7-16-12(15-6-10(18)14-2)11-8-4-3-5-9(8)19-13(11)17-7/h3-6H2,1-2H3,(H,14,18)(H,15,16,17). The van der Waals surface area contributed by atoms with Crippen molar-refractivity contribution in [1.82, 2.24) is 15.3 Å². The van der Waals surface area contributed by atoms with Crippen LogP contribution in [0.4, 0.5) is 5.82 Å². The summed E-state index contributed by atoms with van der Waals surface area (Å²) in [5, 5.41) is 6.86. The molecule has 0 aromatic carbocycles. The maximum absolute atomic E-state index is 11.4. The van der Waals surface area contributed by atoms with E-state index < -0.39 is 0 Å². The number of thiophene rings is 1. The van der Waals surface area contributed by atoms with Crippen LogP contribution in [0, 0.1) is 6.92 Å². The molecule has 0 bridgehead atoms. The third-order valence-corrected chi connectivity index (χ3v) is 4.56. The van der Waals surface area contributed by atoms with E-state index in [1.807, 2.05) is 6.92 Å². The van der Waals surface area contributed by atoms with Crippen LogP contribution in [0.15, 0.2) is 0 Å². The van der Waals surface area contributed by atoms with Crippen LogP contribution in [0.25, 0.3) is 10.2 Å². The maximum Gasteiger partial charge on any atom is 0.239 e. The summed E-state index contributed by atoms with van der Waals surface area (Å²) >= 11 is 1.76. The minimum atomic E-state index is -0.0451. The molecule has 0 unspecified atom stereocenters. The highest BCUT2D eigenvalue weighted by Crippen LogP contribution is 2.39. The summed E-state index contributed by atoms with van der Waals surface area (Å²) in [5.74, 6) is 1.49. The molecule has 0 saturated heterocycles. The number of aryl methyl sites for hydroxylation is 3. The Morgan fingerprint density at radius 1 is 1.37 bits per heavy atom. The van der Waals surface area contributed by atoms with Crippen LogP contribution in [0.5, 0.6) is 0 Å². The molecule has 3 rings (SSSR count). The minimum Gasteiger partial charge on any atom is -0.360 e. The Bertz CT molecular complexity index is 650. The molecule has 1 amide bonds. The van der Waals surface area contributed by atoms with Gasteiger partial charge in [-0.05, 0) is 31.7 Å². The molecule has 0 spiro atoms. The zero-order valence-electron chi connectivity index (χ0n) is 11.0. The molecule has 6 heteroatoms. The Balaban J connectivity index is 2.04. The average molecular weight is 276 g/mol. The molecular formula is C13H16N4OS. The van der Waals surface area contributed by atoms with Crippen molar-refractivity contribution in [1.29, 1.82) is 0 Å². The van der Waals surface area contributed by atoms with Gasteiger partial charge in [0.05, 0.1) is 11.9 Å². The van der Waals surface area contributed by atoms with Crippen molar-refractivity contribution in [3.63, 3.8) is 0 Å². The minimum absolute atomic E-state index is 0.0451. The van der Waals surface area contributed by atoms with Crippen LogP contribution in [0.1, 0.15) is 22.7 Å². The first kappa shape index (κ1) is 12.3. The summed E-state index contributed by atoms with van der Waals surface area (Å²) in [6.45, 7) is 2.13. The summed E-state index contributed by atoms with van der Waals surface area (Å²) in [4.78, 5) is 22.8. The number of nitrogens with zero attached hydrogens (tertiary/aromatic N) is 2. The lowest BCUT2D eigenvalue weighted by Crippen LogP contribution is -2.26. The van der Waals surface area contributed by atoms with Crippen molar-refractivity contribution < 1.29 is 4.79 Å². The van der Waals surface area contributed by atoms with E-state index in [0.717, 1.165) is 34.7 Å². The van der Waals surface area contributed by atoms with E-state index in [0.29, 0.717) is 0 Å². The normalized spacial score (nSPS) is 13.6. The Morgan fingerprint density at radius 3 is 3.00 bits per heavy atom. The second-order valence-corrected chi connectivity index (χ2v) is 5.77. The van der Waals surface area contributed by atoms with E-state index in [4.69, 9.17) is 0 Å².